The lowest BCUT2D eigenvalue weighted by molar-refractivity contribution is 0.669. The van der Waals surface area contributed by atoms with Gasteiger partial charge in [-0.3, -0.25) is 9.13 Å². The van der Waals surface area contributed by atoms with E-state index >= 15 is 0 Å². The molecule has 0 unspecified atom stereocenters. The third-order valence-corrected chi connectivity index (χ3v) is 9.62. The second kappa shape index (κ2) is 10.7. The number of aromatic nitrogens is 5. The van der Waals surface area contributed by atoms with Gasteiger partial charge in [0, 0.05) is 37.9 Å². The van der Waals surface area contributed by atoms with Crippen molar-refractivity contribution in [2.24, 2.45) is 0 Å². The highest BCUT2D eigenvalue weighted by atomic mass is 16.3. The summed E-state index contributed by atoms with van der Waals surface area (Å²) in [6.07, 6.45) is 0. The van der Waals surface area contributed by atoms with Gasteiger partial charge in [-0.15, -0.1) is 0 Å². The lowest BCUT2D eigenvalue weighted by Crippen LogP contribution is -2.10. The first-order chi connectivity index (χ1) is 27.8. The highest BCUT2D eigenvalue weighted by Gasteiger charge is 2.21. The van der Waals surface area contributed by atoms with Crippen molar-refractivity contribution >= 4 is 65.6 Å². The smallest absolute Gasteiger partial charge is 0.240 e. The Balaban J connectivity index is 1.24. The van der Waals surface area contributed by atoms with Crippen molar-refractivity contribution in [2.45, 2.75) is 0 Å². The molecule has 4 heterocycles. The molecule has 4 aromatic heterocycles. The van der Waals surface area contributed by atoms with Crippen molar-refractivity contribution in [3.63, 3.8) is 0 Å². The third kappa shape index (κ3) is 4.14. The number of hydrogen-bond acceptors (Lipinski definition) is 4. The zero-order chi connectivity index (χ0) is 38.7. The van der Waals surface area contributed by atoms with E-state index in [1.807, 2.05) is 97.1 Å². The van der Waals surface area contributed by atoms with Crippen LogP contribution < -0.4 is 0 Å². The van der Waals surface area contributed by atoms with Crippen molar-refractivity contribution < 1.29 is 12.6 Å². The monoisotopic (exact) mass is 659 g/mol. The van der Waals surface area contributed by atoms with Gasteiger partial charge in [0.2, 0.25) is 11.9 Å². The molecule has 6 nitrogen and oxygen atoms in total. The molecule has 0 aliphatic heterocycles. The molecule has 0 atom stereocenters. The Morgan fingerprint density at radius 3 is 1.73 bits per heavy atom. The van der Waals surface area contributed by atoms with E-state index in [0.29, 0.717) is 44.0 Å². The number of furan rings is 1. The summed E-state index contributed by atoms with van der Waals surface area (Å²) in [6, 6.07) is 39.5. The Morgan fingerprint density at radius 1 is 0.451 bits per heavy atom. The fraction of sp³-hybridized carbons (Fsp3) is 0. The van der Waals surface area contributed by atoms with Crippen LogP contribution in [0.4, 0.5) is 0 Å². The third-order valence-electron chi connectivity index (χ3n) is 9.62. The van der Waals surface area contributed by atoms with E-state index in [1.54, 1.807) is 21.3 Å². The molecule has 0 saturated heterocycles. The molecule has 51 heavy (non-hydrogen) atoms. The van der Waals surface area contributed by atoms with E-state index < -0.39 is 0 Å². The molecule has 11 aromatic rings. The van der Waals surface area contributed by atoms with Crippen LogP contribution >= 0.6 is 0 Å². The highest BCUT2D eigenvalue weighted by molar-refractivity contribution is 6.13. The lowest BCUT2D eigenvalue weighted by Gasteiger charge is -2.12. The Bertz CT molecular complexity index is 3350. The fourth-order valence-electron chi connectivity index (χ4n) is 7.40. The second-order valence-electron chi connectivity index (χ2n) is 12.4. The number of hydrogen-bond donors (Lipinski definition) is 0. The molecule has 6 heteroatoms. The molecular formula is C45H27N5O. The van der Waals surface area contributed by atoms with Gasteiger partial charge in [0.05, 0.1) is 30.3 Å². The van der Waals surface area contributed by atoms with E-state index in [4.69, 9.17) is 27.6 Å². The summed E-state index contributed by atoms with van der Waals surface area (Å²) in [5.41, 5.74) is 6.20. The average Bonchev–Trinajstić information content (AvgIpc) is 3.90. The summed E-state index contributed by atoms with van der Waals surface area (Å²) in [6.45, 7) is 0. The summed E-state index contributed by atoms with van der Waals surface area (Å²) >= 11 is 0. The normalized spacial score (nSPS) is 13.6. The van der Waals surface area contributed by atoms with Crippen molar-refractivity contribution in [3.8, 4) is 34.4 Å². The molecule has 0 fully saturated rings. The van der Waals surface area contributed by atoms with Gasteiger partial charge >= 0.3 is 0 Å². The molecule has 0 bridgehead atoms. The summed E-state index contributed by atoms with van der Waals surface area (Å²) in [5.74, 6) is 0.592. The van der Waals surface area contributed by atoms with Crippen LogP contribution in [0.2, 0.25) is 0 Å². The van der Waals surface area contributed by atoms with Crippen LogP contribution in [-0.2, 0) is 0 Å². The molecule has 238 valence electrons. The van der Waals surface area contributed by atoms with E-state index in [2.05, 4.69) is 18.2 Å². The molecule has 0 spiro atoms. The second-order valence-corrected chi connectivity index (χ2v) is 12.4. The zero-order valence-electron chi connectivity index (χ0n) is 32.8. The van der Waals surface area contributed by atoms with Gasteiger partial charge < -0.3 is 4.42 Å². The summed E-state index contributed by atoms with van der Waals surface area (Å²) in [7, 11) is 0. The van der Waals surface area contributed by atoms with Crippen LogP contribution in [0.3, 0.4) is 0 Å². The van der Waals surface area contributed by atoms with Crippen molar-refractivity contribution in [3.05, 3.63) is 164 Å². The molecule has 11 rings (SSSR count). The van der Waals surface area contributed by atoms with E-state index in [9.17, 15) is 0 Å². The van der Waals surface area contributed by atoms with Crippen LogP contribution in [0.1, 0.15) is 8.22 Å². The van der Waals surface area contributed by atoms with E-state index in [1.165, 1.54) is 0 Å². The minimum Gasteiger partial charge on any atom is -0.456 e. The van der Waals surface area contributed by atoms with Gasteiger partial charge in [0.15, 0.2) is 5.82 Å². The predicted molar refractivity (Wildman–Crippen MR) is 207 cm³/mol. The van der Waals surface area contributed by atoms with Crippen molar-refractivity contribution in [2.75, 3.05) is 0 Å². The van der Waals surface area contributed by atoms with Gasteiger partial charge in [-0.2, -0.15) is 15.0 Å². The van der Waals surface area contributed by atoms with E-state index in [0.717, 1.165) is 38.3 Å². The standard InChI is InChI=1S/C45H27N5O/c1-2-13-28(14-3-1)30-19-12-24-40-42(30)35-26-25-29(27-41(35)51-40)43-46-44(49-36-20-8-4-15-31(36)32-16-5-9-21-37(32)49)48-45(47-43)50-38-22-10-6-17-33(38)34-18-7-11-23-39(34)50/h1-27H/i4D,6D,8D,10D,20D,22D. The number of para-hydroxylation sites is 4. The Kier molecular flexibility index (Phi) is 4.74. The van der Waals surface area contributed by atoms with Gasteiger partial charge in [-0.05, 0) is 53.5 Å². The lowest BCUT2D eigenvalue weighted by atomic mass is 9.99. The topological polar surface area (TPSA) is 61.7 Å². The Labute approximate surface area is 299 Å². The van der Waals surface area contributed by atoms with Crippen LogP contribution in [0, 0.1) is 0 Å². The van der Waals surface area contributed by atoms with Crippen LogP contribution in [0.5, 0.6) is 0 Å². The number of rotatable bonds is 4. The van der Waals surface area contributed by atoms with Gasteiger partial charge in [0.25, 0.3) is 0 Å². The summed E-state index contributed by atoms with van der Waals surface area (Å²) in [4.78, 5) is 15.2. The van der Waals surface area contributed by atoms with Crippen LogP contribution in [-0.4, -0.2) is 24.1 Å². The minimum absolute atomic E-state index is 0.0600. The number of fused-ring (bicyclic) bond motifs is 9. The maximum Gasteiger partial charge on any atom is 0.240 e. The van der Waals surface area contributed by atoms with Crippen LogP contribution in [0.15, 0.2) is 168 Å². The van der Waals surface area contributed by atoms with Gasteiger partial charge in [0.1, 0.15) is 11.2 Å². The first kappa shape index (κ1) is 22.6. The first-order valence-corrected chi connectivity index (χ1v) is 16.5. The largest absolute Gasteiger partial charge is 0.456 e. The molecular weight excluding hydrogens is 627 g/mol. The quantitative estimate of drug-likeness (QED) is 0.189. The summed E-state index contributed by atoms with van der Waals surface area (Å²) < 4.78 is 62.3. The zero-order valence-corrected chi connectivity index (χ0v) is 26.8. The molecule has 7 aromatic carbocycles. The molecule has 0 aliphatic rings. The molecule has 0 saturated carbocycles. The minimum atomic E-state index is -0.221. The van der Waals surface area contributed by atoms with Crippen molar-refractivity contribution in [1.29, 1.82) is 0 Å². The van der Waals surface area contributed by atoms with Crippen molar-refractivity contribution in [1.82, 2.24) is 24.1 Å². The highest BCUT2D eigenvalue weighted by Crippen LogP contribution is 2.39. The maximum absolute atomic E-state index is 9.09. The fourth-order valence-corrected chi connectivity index (χ4v) is 7.40. The first-order valence-electron chi connectivity index (χ1n) is 19.5. The molecule has 0 amide bonds. The Hall–Kier alpha value is -7.05. The summed E-state index contributed by atoms with van der Waals surface area (Å²) in [5, 5.41) is 4.68. The predicted octanol–water partition coefficient (Wildman–Crippen LogP) is 11.3. The van der Waals surface area contributed by atoms with Gasteiger partial charge in [-0.25, -0.2) is 0 Å². The Morgan fingerprint density at radius 2 is 1.06 bits per heavy atom. The average molecular weight is 660 g/mol. The maximum atomic E-state index is 9.09. The van der Waals surface area contributed by atoms with Gasteiger partial charge in [-0.1, -0.05) is 121 Å². The number of nitrogens with zero attached hydrogens (tertiary/aromatic N) is 5. The van der Waals surface area contributed by atoms with E-state index in [-0.39, 0.29) is 54.0 Å². The molecule has 0 aliphatic carbocycles. The molecule has 0 radical (unpaired) electrons. The SMILES string of the molecule is [2H]c1cc2c3ccccc3n(-c3nc(-c4ccc5c(c4)oc4cccc(-c6ccccc6)c45)nc(-n4c5ccccc5c5cc([2H])c([2H])c([2H])c54)n3)c2c([2H])c1[2H]. The number of benzene rings is 7. The molecule has 0 N–H and O–H groups in total. The van der Waals surface area contributed by atoms with Crippen LogP contribution in [0.25, 0.3) is 100.0 Å².